The second-order valence-corrected chi connectivity index (χ2v) is 3.95. The molecular weight excluding hydrogens is 284 g/mol. The molecule has 0 aliphatic carbocycles. The average Bonchev–Trinajstić information content (AvgIpc) is 2.77. The van der Waals surface area contributed by atoms with E-state index in [0.717, 1.165) is 6.20 Å². The van der Waals surface area contributed by atoms with Crippen LogP contribution in [0.1, 0.15) is 23.2 Å². The molecule has 2 heterocycles. The van der Waals surface area contributed by atoms with Gasteiger partial charge in [0.15, 0.2) is 0 Å². The van der Waals surface area contributed by atoms with Crippen molar-refractivity contribution in [2.75, 3.05) is 5.43 Å². The Labute approximate surface area is 117 Å². The van der Waals surface area contributed by atoms with Gasteiger partial charge >= 0.3 is 12.1 Å². The number of rotatable bonds is 4. The predicted molar refractivity (Wildman–Crippen MR) is 65.5 cm³/mol. The van der Waals surface area contributed by atoms with Crippen LogP contribution in [0.3, 0.4) is 0 Å². The summed E-state index contributed by atoms with van der Waals surface area (Å²) in [5.74, 6) is -1.92. The zero-order valence-electron chi connectivity index (χ0n) is 10.5. The lowest BCUT2D eigenvalue weighted by molar-refractivity contribution is -0.172. The molecule has 0 spiro atoms. The number of pyridine rings is 1. The van der Waals surface area contributed by atoms with Crippen LogP contribution in [0.2, 0.25) is 0 Å². The first-order valence-electron chi connectivity index (χ1n) is 5.76. The summed E-state index contributed by atoms with van der Waals surface area (Å²) < 4.78 is 0. The SMILES string of the molecule is O=C(O)NNc1ccc(C(=O)ON2C(=O)CCC2=O)cn1. The summed E-state index contributed by atoms with van der Waals surface area (Å²) in [6.07, 6.45) is -0.173. The van der Waals surface area contributed by atoms with Crippen LogP contribution >= 0.6 is 0 Å². The molecule has 0 atom stereocenters. The Morgan fingerprint density at radius 3 is 2.43 bits per heavy atom. The van der Waals surface area contributed by atoms with E-state index < -0.39 is 23.9 Å². The summed E-state index contributed by atoms with van der Waals surface area (Å²) in [4.78, 5) is 53.0. The molecule has 0 aromatic carbocycles. The van der Waals surface area contributed by atoms with Gasteiger partial charge in [-0.2, -0.15) is 0 Å². The van der Waals surface area contributed by atoms with Crippen molar-refractivity contribution in [1.29, 1.82) is 0 Å². The van der Waals surface area contributed by atoms with E-state index in [4.69, 9.17) is 5.11 Å². The first-order valence-corrected chi connectivity index (χ1v) is 5.76. The third-order valence-electron chi connectivity index (χ3n) is 2.48. The number of hydrogen-bond acceptors (Lipinski definition) is 7. The van der Waals surface area contributed by atoms with E-state index >= 15 is 0 Å². The Hall–Kier alpha value is -3.17. The molecule has 1 saturated heterocycles. The molecule has 21 heavy (non-hydrogen) atoms. The van der Waals surface area contributed by atoms with Crippen LogP contribution in [-0.2, 0) is 14.4 Å². The van der Waals surface area contributed by atoms with Crippen molar-refractivity contribution >= 4 is 29.7 Å². The Bertz CT molecular complexity index is 583. The van der Waals surface area contributed by atoms with Crippen LogP contribution in [0, 0.1) is 0 Å². The van der Waals surface area contributed by atoms with E-state index in [9.17, 15) is 19.2 Å². The fourth-order valence-corrected chi connectivity index (χ4v) is 1.50. The third kappa shape index (κ3) is 3.43. The highest BCUT2D eigenvalue weighted by atomic mass is 16.7. The van der Waals surface area contributed by atoms with Gasteiger partial charge in [-0.05, 0) is 12.1 Å². The van der Waals surface area contributed by atoms with E-state index in [0.29, 0.717) is 5.06 Å². The number of anilines is 1. The van der Waals surface area contributed by atoms with Gasteiger partial charge in [-0.25, -0.2) is 20.0 Å². The lowest BCUT2D eigenvalue weighted by Gasteiger charge is -2.12. The van der Waals surface area contributed by atoms with Crippen LogP contribution in [0.4, 0.5) is 10.6 Å². The number of carbonyl (C=O) groups is 4. The maximum Gasteiger partial charge on any atom is 0.423 e. The minimum atomic E-state index is -1.30. The molecule has 1 fully saturated rings. The number of hydrogen-bond donors (Lipinski definition) is 3. The van der Waals surface area contributed by atoms with Crippen molar-refractivity contribution in [2.45, 2.75) is 12.8 Å². The monoisotopic (exact) mass is 294 g/mol. The fraction of sp³-hybridized carbons (Fsp3) is 0.182. The molecule has 3 amide bonds. The molecule has 110 valence electrons. The highest BCUT2D eigenvalue weighted by molar-refractivity contribution is 6.02. The zero-order valence-corrected chi connectivity index (χ0v) is 10.5. The molecule has 10 heteroatoms. The molecule has 1 aliphatic heterocycles. The maximum absolute atomic E-state index is 11.7. The van der Waals surface area contributed by atoms with Gasteiger partial charge in [0.1, 0.15) is 5.82 Å². The van der Waals surface area contributed by atoms with Gasteiger partial charge in [0, 0.05) is 19.0 Å². The number of imide groups is 1. The number of aromatic nitrogens is 1. The van der Waals surface area contributed by atoms with Gasteiger partial charge in [0.25, 0.3) is 11.8 Å². The lowest BCUT2D eigenvalue weighted by Crippen LogP contribution is -2.32. The maximum atomic E-state index is 11.7. The van der Waals surface area contributed by atoms with Gasteiger partial charge in [-0.1, -0.05) is 0 Å². The molecular formula is C11H10N4O6. The Balaban J connectivity index is 1.98. The van der Waals surface area contributed by atoms with Crippen molar-refractivity contribution in [3.8, 4) is 0 Å². The normalized spacial score (nSPS) is 14.0. The number of hydroxylamine groups is 2. The van der Waals surface area contributed by atoms with Crippen LogP contribution < -0.4 is 10.9 Å². The number of nitrogens with zero attached hydrogens (tertiary/aromatic N) is 2. The molecule has 0 bridgehead atoms. The first kappa shape index (κ1) is 14.2. The predicted octanol–water partition coefficient (Wildman–Crippen LogP) is -0.103. The minimum Gasteiger partial charge on any atom is -0.464 e. The molecule has 2 rings (SSSR count). The average molecular weight is 294 g/mol. The van der Waals surface area contributed by atoms with Crippen LogP contribution in [-0.4, -0.2) is 39.0 Å². The van der Waals surface area contributed by atoms with E-state index in [1.54, 1.807) is 0 Å². The van der Waals surface area contributed by atoms with Gasteiger partial charge < -0.3 is 9.94 Å². The Kier molecular flexibility index (Phi) is 3.97. The zero-order chi connectivity index (χ0) is 15.4. The molecule has 0 radical (unpaired) electrons. The van der Waals surface area contributed by atoms with Gasteiger partial charge in [0.2, 0.25) is 0 Å². The molecule has 0 saturated carbocycles. The highest BCUT2D eigenvalue weighted by Crippen LogP contribution is 2.14. The second-order valence-electron chi connectivity index (χ2n) is 3.95. The lowest BCUT2D eigenvalue weighted by atomic mass is 10.3. The first-order chi connectivity index (χ1) is 9.97. The van der Waals surface area contributed by atoms with E-state index in [-0.39, 0.29) is 24.2 Å². The van der Waals surface area contributed by atoms with Crippen molar-refractivity contribution in [2.24, 2.45) is 0 Å². The van der Waals surface area contributed by atoms with Crippen molar-refractivity contribution in [3.05, 3.63) is 23.9 Å². The number of amides is 3. The second kappa shape index (κ2) is 5.86. The van der Waals surface area contributed by atoms with Crippen molar-refractivity contribution < 1.29 is 29.1 Å². The number of hydrazine groups is 1. The molecule has 3 N–H and O–H groups in total. The van der Waals surface area contributed by atoms with E-state index in [2.05, 4.69) is 15.2 Å². The quantitative estimate of drug-likeness (QED) is 0.517. The van der Waals surface area contributed by atoms with Crippen LogP contribution in [0.5, 0.6) is 0 Å². The Morgan fingerprint density at radius 1 is 1.24 bits per heavy atom. The van der Waals surface area contributed by atoms with Crippen LogP contribution in [0.15, 0.2) is 18.3 Å². The van der Waals surface area contributed by atoms with Crippen LogP contribution in [0.25, 0.3) is 0 Å². The molecule has 0 unspecified atom stereocenters. The van der Waals surface area contributed by atoms with Crippen molar-refractivity contribution in [1.82, 2.24) is 15.5 Å². The highest BCUT2D eigenvalue weighted by Gasteiger charge is 2.33. The van der Waals surface area contributed by atoms with E-state index in [1.165, 1.54) is 12.1 Å². The third-order valence-corrected chi connectivity index (χ3v) is 2.48. The summed E-state index contributed by atoms with van der Waals surface area (Å²) in [7, 11) is 0. The summed E-state index contributed by atoms with van der Waals surface area (Å²) in [5, 5.41) is 8.81. The minimum absolute atomic E-state index is 0.00313. The topological polar surface area (TPSA) is 138 Å². The smallest absolute Gasteiger partial charge is 0.423 e. The van der Waals surface area contributed by atoms with Gasteiger partial charge in [-0.3, -0.25) is 15.0 Å². The van der Waals surface area contributed by atoms with Gasteiger partial charge in [-0.15, -0.1) is 5.06 Å². The number of carbonyl (C=O) groups excluding carboxylic acids is 3. The summed E-state index contributed by atoms with van der Waals surface area (Å²) >= 11 is 0. The summed E-state index contributed by atoms with van der Waals surface area (Å²) in [6, 6.07) is 2.62. The largest absolute Gasteiger partial charge is 0.464 e. The molecule has 1 aromatic rings. The fourth-order valence-electron chi connectivity index (χ4n) is 1.50. The molecule has 10 nitrogen and oxygen atoms in total. The standard InChI is InChI=1S/C11H10N4O6/c16-8-3-4-9(17)15(8)21-10(18)6-1-2-7(12-5-6)13-14-11(19)20/h1-2,5,14H,3-4H2,(H,12,13)(H,19,20). The number of carboxylic acid groups (broad SMARTS) is 1. The number of nitrogens with one attached hydrogen (secondary N) is 2. The summed E-state index contributed by atoms with van der Waals surface area (Å²) in [6.45, 7) is 0. The summed E-state index contributed by atoms with van der Waals surface area (Å²) in [5.41, 5.74) is 4.14. The van der Waals surface area contributed by atoms with Gasteiger partial charge in [0.05, 0.1) is 5.56 Å². The molecule has 1 aromatic heterocycles. The Morgan fingerprint density at radius 2 is 1.90 bits per heavy atom. The molecule has 1 aliphatic rings. The van der Waals surface area contributed by atoms with E-state index in [1.807, 2.05) is 5.43 Å². The van der Waals surface area contributed by atoms with Crippen molar-refractivity contribution in [3.63, 3.8) is 0 Å².